The first-order chi connectivity index (χ1) is 12.9. The smallest absolute Gasteiger partial charge is 0.340 e. The molecule has 1 atom stereocenters. The Morgan fingerprint density at radius 3 is 2.52 bits per heavy atom. The van der Waals surface area contributed by atoms with Crippen LogP contribution in [0.2, 0.25) is 0 Å². The first-order valence-corrected chi connectivity index (χ1v) is 9.13. The number of benzene rings is 2. The molecule has 2 rings (SSSR count). The van der Waals surface area contributed by atoms with Crippen molar-refractivity contribution in [1.82, 2.24) is 0 Å². The molecule has 0 aliphatic rings. The Bertz CT molecular complexity index is 905. The van der Waals surface area contributed by atoms with E-state index in [2.05, 4.69) is 5.32 Å². The number of amides is 1. The zero-order valence-corrected chi connectivity index (χ0v) is 15.7. The highest BCUT2D eigenvalue weighted by atomic mass is 32.2. The molecule has 27 heavy (non-hydrogen) atoms. The number of nitriles is 1. The predicted octanol–water partition coefficient (Wildman–Crippen LogP) is 3.42. The van der Waals surface area contributed by atoms with Gasteiger partial charge in [0.15, 0.2) is 6.10 Å². The lowest BCUT2D eigenvalue weighted by molar-refractivity contribution is -0.123. The molecule has 0 aromatic heterocycles. The van der Waals surface area contributed by atoms with Gasteiger partial charge in [0, 0.05) is 4.90 Å². The van der Waals surface area contributed by atoms with Gasteiger partial charge in [-0.05, 0) is 38.1 Å². The number of anilines is 1. The number of nitrogens with zero attached hydrogens (tertiary/aromatic N) is 1. The predicted molar refractivity (Wildman–Crippen MR) is 103 cm³/mol. The van der Waals surface area contributed by atoms with Gasteiger partial charge in [-0.25, -0.2) is 4.79 Å². The largest absolute Gasteiger partial charge is 0.449 e. The number of ketones is 1. The summed E-state index contributed by atoms with van der Waals surface area (Å²) in [6.07, 6.45) is -1.06. The second-order valence-electron chi connectivity index (χ2n) is 5.68. The van der Waals surface area contributed by atoms with Gasteiger partial charge in [-0.3, -0.25) is 9.59 Å². The summed E-state index contributed by atoms with van der Waals surface area (Å²) in [5.41, 5.74) is 0.960. The lowest BCUT2D eigenvalue weighted by atomic mass is 10.2. The zero-order chi connectivity index (χ0) is 19.8. The maximum Gasteiger partial charge on any atom is 0.340 e. The van der Waals surface area contributed by atoms with Gasteiger partial charge >= 0.3 is 5.97 Å². The molecule has 0 aliphatic heterocycles. The van der Waals surface area contributed by atoms with Crippen LogP contribution in [0.3, 0.4) is 0 Å². The molecule has 0 spiro atoms. The number of carbonyl (C=O) groups excluding carboxylic acids is 3. The Balaban J connectivity index is 2.06. The van der Waals surface area contributed by atoms with Gasteiger partial charge in [0.25, 0.3) is 5.91 Å². The van der Waals surface area contributed by atoms with Crippen LogP contribution in [0.15, 0.2) is 53.4 Å². The molecule has 0 bridgehead atoms. The number of rotatable bonds is 7. The monoisotopic (exact) mass is 382 g/mol. The first-order valence-electron chi connectivity index (χ1n) is 8.14. The van der Waals surface area contributed by atoms with E-state index in [9.17, 15) is 14.4 Å². The Morgan fingerprint density at radius 1 is 1.15 bits per heavy atom. The SMILES string of the molecule is CC(=O)CSc1ccccc1C(=O)O[C@H](C)C(=O)Nc1ccccc1C#N. The van der Waals surface area contributed by atoms with Crippen LogP contribution in [-0.4, -0.2) is 29.5 Å². The summed E-state index contributed by atoms with van der Waals surface area (Å²) in [4.78, 5) is 36.5. The molecule has 1 amide bonds. The van der Waals surface area contributed by atoms with Crippen molar-refractivity contribution in [2.75, 3.05) is 11.1 Å². The van der Waals surface area contributed by atoms with Crippen LogP contribution in [0.5, 0.6) is 0 Å². The van der Waals surface area contributed by atoms with Crippen LogP contribution < -0.4 is 5.32 Å². The van der Waals surface area contributed by atoms with Crippen molar-refractivity contribution in [3.05, 3.63) is 59.7 Å². The van der Waals surface area contributed by atoms with E-state index in [1.54, 1.807) is 48.5 Å². The Morgan fingerprint density at radius 2 is 1.81 bits per heavy atom. The van der Waals surface area contributed by atoms with E-state index in [4.69, 9.17) is 10.00 Å². The van der Waals surface area contributed by atoms with Gasteiger partial charge in [-0.15, -0.1) is 11.8 Å². The van der Waals surface area contributed by atoms with Crippen molar-refractivity contribution in [2.24, 2.45) is 0 Å². The minimum Gasteiger partial charge on any atom is -0.449 e. The fraction of sp³-hybridized carbons (Fsp3) is 0.200. The van der Waals surface area contributed by atoms with Gasteiger partial charge in [0.2, 0.25) is 0 Å². The van der Waals surface area contributed by atoms with Gasteiger partial charge in [-0.1, -0.05) is 24.3 Å². The van der Waals surface area contributed by atoms with Crippen molar-refractivity contribution in [3.8, 4) is 6.07 Å². The molecule has 1 N–H and O–H groups in total. The van der Waals surface area contributed by atoms with Gasteiger partial charge in [0.05, 0.1) is 22.6 Å². The van der Waals surface area contributed by atoms with Crippen molar-refractivity contribution in [1.29, 1.82) is 5.26 Å². The van der Waals surface area contributed by atoms with E-state index in [1.807, 2.05) is 6.07 Å². The molecule has 7 heteroatoms. The average molecular weight is 382 g/mol. The molecule has 138 valence electrons. The number of nitrogens with one attached hydrogen (secondary N) is 1. The quantitative estimate of drug-likeness (QED) is 0.582. The number of para-hydroxylation sites is 1. The van der Waals surface area contributed by atoms with E-state index in [-0.39, 0.29) is 11.5 Å². The summed E-state index contributed by atoms with van der Waals surface area (Å²) < 4.78 is 5.26. The summed E-state index contributed by atoms with van der Waals surface area (Å²) in [6, 6.07) is 15.3. The van der Waals surface area contributed by atoms with Crippen molar-refractivity contribution >= 4 is 35.1 Å². The molecule has 0 unspecified atom stereocenters. The minimum atomic E-state index is -1.06. The molecule has 0 radical (unpaired) electrons. The third-order valence-electron chi connectivity index (χ3n) is 3.50. The highest BCUT2D eigenvalue weighted by Gasteiger charge is 2.21. The molecule has 2 aromatic carbocycles. The molecule has 6 nitrogen and oxygen atoms in total. The highest BCUT2D eigenvalue weighted by molar-refractivity contribution is 8.00. The minimum absolute atomic E-state index is 0.00734. The second-order valence-corrected chi connectivity index (χ2v) is 6.70. The first kappa shape index (κ1) is 20.2. The lowest BCUT2D eigenvalue weighted by Gasteiger charge is -2.15. The molecule has 0 heterocycles. The van der Waals surface area contributed by atoms with Crippen LogP contribution >= 0.6 is 11.8 Å². The van der Waals surface area contributed by atoms with E-state index < -0.39 is 18.0 Å². The average Bonchev–Trinajstić information content (AvgIpc) is 2.66. The fourth-order valence-electron chi connectivity index (χ4n) is 2.14. The lowest BCUT2D eigenvalue weighted by Crippen LogP contribution is -2.30. The van der Waals surface area contributed by atoms with Crippen LogP contribution in [0.1, 0.15) is 29.8 Å². The van der Waals surface area contributed by atoms with E-state index in [1.165, 1.54) is 25.6 Å². The topological polar surface area (TPSA) is 96.3 Å². The molecular weight excluding hydrogens is 364 g/mol. The third-order valence-corrected chi connectivity index (χ3v) is 4.71. The fourth-order valence-corrected chi connectivity index (χ4v) is 2.98. The number of hydrogen-bond acceptors (Lipinski definition) is 6. The standard InChI is InChI=1S/C20H18N2O4S/c1-13(23)12-27-18-10-6-4-8-16(18)20(25)26-14(2)19(24)22-17-9-5-3-7-15(17)11-21/h3-10,14H,12H2,1-2H3,(H,22,24)/t14-/m1/s1. The Labute approximate surface area is 161 Å². The van der Waals surface area contributed by atoms with Crippen LogP contribution in [0.25, 0.3) is 0 Å². The van der Waals surface area contributed by atoms with E-state index in [0.717, 1.165) is 0 Å². The number of carbonyl (C=O) groups is 3. The third kappa shape index (κ3) is 5.69. The van der Waals surface area contributed by atoms with Crippen LogP contribution in [0.4, 0.5) is 5.69 Å². The summed E-state index contributed by atoms with van der Waals surface area (Å²) >= 11 is 1.24. The van der Waals surface area contributed by atoms with Crippen molar-refractivity contribution in [2.45, 2.75) is 24.8 Å². The Kier molecular flexibility index (Phi) is 7.15. The molecule has 2 aromatic rings. The molecule has 0 fully saturated rings. The maximum absolute atomic E-state index is 12.4. The molecular formula is C20H18N2O4S. The zero-order valence-electron chi connectivity index (χ0n) is 14.9. The van der Waals surface area contributed by atoms with Crippen molar-refractivity contribution < 1.29 is 19.1 Å². The van der Waals surface area contributed by atoms with Gasteiger partial charge in [-0.2, -0.15) is 5.26 Å². The Hall–Kier alpha value is -3.11. The summed E-state index contributed by atoms with van der Waals surface area (Å²) in [6.45, 7) is 2.92. The maximum atomic E-state index is 12.4. The summed E-state index contributed by atoms with van der Waals surface area (Å²) in [5.74, 6) is -0.962. The van der Waals surface area contributed by atoms with Crippen molar-refractivity contribution in [3.63, 3.8) is 0 Å². The molecule has 0 aliphatic carbocycles. The summed E-state index contributed by atoms with van der Waals surface area (Å²) in [7, 11) is 0. The van der Waals surface area contributed by atoms with Crippen LogP contribution in [-0.2, 0) is 14.3 Å². The number of Topliss-reactive ketones (excluding diaryl/α,β-unsaturated/α-hetero) is 1. The van der Waals surface area contributed by atoms with E-state index >= 15 is 0 Å². The number of esters is 1. The highest BCUT2D eigenvalue weighted by Crippen LogP contribution is 2.24. The molecule has 0 saturated carbocycles. The second kappa shape index (κ2) is 9.55. The van der Waals surface area contributed by atoms with Gasteiger partial charge in [0.1, 0.15) is 11.9 Å². The van der Waals surface area contributed by atoms with E-state index in [0.29, 0.717) is 21.7 Å². The number of hydrogen-bond donors (Lipinski definition) is 1. The van der Waals surface area contributed by atoms with Gasteiger partial charge < -0.3 is 10.1 Å². The number of ether oxygens (including phenoxy) is 1. The summed E-state index contributed by atoms with van der Waals surface area (Å²) in [5, 5.41) is 11.7. The molecule has 0 saturated heterocycles. The normalized spacial score (nSPS) is 11.1. The van der Waals surface area contributed by atoms with Crippen LogP contribution in [0, 0.1) is 11.3 Å². The number of thioether (sulfide) groups is 1.